The summed E-state index contributed by atoms with van der Waals surface area (Å²) in [6, 6.07) is 1.77. The van der Waals surface area contributed by atoms with E-state index in [1.54, 1.807) is 0 Å². The van der Waals surface area contributed by atoms with E-state index in [2.05, 4.69) is 0 Å². The monoisotopic (exact) mass is 256 g/mol. The molecule has 1 aromatic rings. The highest BCUT2D eigenvalue weighted by Crippen LogP contribution is 2.33. The quantitative estimate of drug-likeness (QED) is 0.552. The molecule has 0 saturated carbocycles. The number of halogens is 6. The van der Waals surface area contributed by atoms with Crippen molar-refractivity contribution in [3.05, 3.63) is 34.9 Å². The van der Waals surface area contributed by atoms with Gasteiger partial charge in [0.1, 0.15) is 0 Å². The average molecular weight is 256 g/mol. The summed E-state index contributed by atoms with van der Waals surface area (Å²) in [5.74, 6) is -2.29. The zero-order chi connectivity index (χ0) is 13.4. The highest BCUT2D eigenvalue weighted by molar-refractivity contribution is 6.00. The van der Waals surface area contributed by atoms with Gasteiger partial charge in [0.25, 0.3) is 5.78 Å². The van der Waals surface area contributed by atoms with Gasteiger partial charge >= 0.3 is 12.4 Å². The lowest BCUT2D eigenvalue weighted by Crippen LogP contribution is -2.23. The van der Waals surface area contributed by atoms with Crippen LogP contribution in [0.3, 0.4) is 0 Å². The van der Waals surface area contributed by atoms with Crippen LogP contribution in [0.1, 0.15) is 21.5 Å². The highest BCUT2D eigenvalue weighted by Gasteiger charge is 2.41. The number of aryl methyl sites for hydroxylation is 1. The fourth-order valence-corrected chi connectivity index (χ4v) is 1.23. The van der Waals surface area contributed by atoms with Gasteiger partial charge in [-0.1, -0.05) is 12.1 Å². The molecule has 0 spiro atoms. The van der Waals surface area contributed by atoms with Gasteiger partial charge in [0.2, 0.25) is 0 Å². The third-order valence-corrected chi connectivity index (χ3v) is 2.06. The van der Waals surface area contributed by atoms with E-state index in [0.717, 1.165) is 19.1 Å². The summed E-state index contributed by atoms with van der Waals surface area (Å²) in [5.41, 5.74) is -2.50. The fourth-order valence-electron chi connectivity index (χ4n) is 1.23. The molecular formula is C10H6F6O. The third-order valence-electron chi connectivity index (χ3n) is 2.06. The van der Waals surface area contributed by atoms with E-state index in [0.29, 0.717) is 0 Å². The van der Waals surface area contributed by atoms with E-state index in [1.165, 1.54) is 0 Å². The van der Waals surface area contributed by atoms with Gasteiger partial charge in [0.15, 0.2) is 0 Å². The van der Waals surface area contributed by atoms with E-state index < -0.39 is 29.3 Å². The van der Waals surface area contributed by atoms with Gasteiger partial charge in [0, 0.05) is 5.56 Å². The largest absolute Gasteiger partial charge is 0.454 e. The van der Waals surface area contributed by atoms with E-state index in [4.69, 9.17) is 0 Å². The van der Waals surface area contributed by atoms with Crippen molar-refractivity contribution in [1.82, 2.24) is 0 Å². The first-order valence-corrected chi connectivity index (χ1v) is 4.33. The molecule has 0 radical (unpaired) electrons. The van der Waals surface area contributed by atoms with Crippen molar-refractivity contribution in [2.45, 2.75) is 19.3 Å². The second kappa shape index (κ2) is 4.05. The lowest BCUT2D eigenvalue weighted by atomic mass is 10.0. The molecule has 0 N–H and O–H groups in total. The molecule has 17 heavy (non-hydrogen) atoms. The Morgan fingerprint density at radius 3 is 2.00 bits per heavy atom. The smallest absolute Gasteiger partial charge is 0.284 e. The standard InChI is InChI=1S/C10H6F6O/c1-5-2-3-6(8(17)10(14,15)16)4-7(5)9(11,12)13/h2-4H,1H3. The number of alkyl halides is 6. The lowest BCUT2D eigenvalue weighted by molar-refractivity contribution is -0.138. The van der Waals surface area contributed by atoms with Gasteiger partial charge in [-0.05, 0) is 18.6 Å². The van der Waals surface area contributed by atoms with Crippen LogP contribution >= 0.6 is 0 Å². The molecule has 0 aliphatic rings. The molecule has 0 atom stereocenters. The van der Waals surface area contributed by atoms with Crippen LogP contribution in [0.2, 0.25) is 0 Å². The minimum absolute atomic E-state index is 0.213. The van der Waals surface area contributed by atoms with Crippen molar-refractivity contribution in [3.8, 4) is 0 Å². The first-order chi connectivity index (χ1) is 7.53. The van der Waals surface area contributed by atoms with Crippen LogP contribution in [0.5, 0.6) is 0 Å². The van der Waals surface area contributed by atoms with E-state index in [9.17, 15) is 31.1 Å². The van der Waals surface area contributed by atoms with Crippen LogP contribution in [-0.4, -0.2) is 12.0 Å². The van der Waals surface area contributed by atoms with Crippen molar-refractivity contribution in [2.24, 2.45) is 0 Å². The number of hydrogen-bond donors (Lipinski definition) is 0. The molecular weight excluding hydrogens is 250 g/mol. The zero-order valence-electron chi connectivity index (χ0n) is 8.41. The maximum atomic E-state index is 12.4. The van der Waals surface area contributed by atoms with Crippen LogP contribution in [0, 0.1) is 6.92 Å². The number of ketones is 1. The third kappa shape index (κ3) is 2.98. The highest BCUT2D eigenvalue weighted by atomic mass is 19.4. The zero-order valence-corrected chi connectivity index (χ0v) is 8.41. The Hall–Kier alpha value is -1.53. The first kappa shape index (κ1) is 13.5. The van der Waals surface area contributed by atoms with E-state index in [-0.39, 0.29) is 11.6 Å². The summed E-state index contributed by atoms with van der Waals surface area (Å²) >= 11 is 0. The van der Waals surface area contributed by atoms with Gasteiger partial charge in [0.05, 0.1) is 5.56 Å². The molecule has 0 bridgehead atoms. The Labute approximate surface area is 92.0 Å². The predicted octanol–water partition coefficient (Wildman–Crippen LogP) is 3.76. The maximum absolute atomic E-state index is 12.4. The summed E-state index contributed by atoms with van der Waals surface area (Å²) in [4.78, 5) is 10.8. The molecule has 0 fully saturated rings. The molecule has 0 aliphatic carbocycles. The molecule has 7 heteroatoms. The number of hydrogen-bond acceptors (Lipinski definition) is 1. The Morgan fingerprint density at radius 1 is 1.06 bits per heavy atom. The lowest BCUT2D eigenvalue weighted by Gasteiger charge is -2.12. The van der Waals surface area contributed by atoms with Gasteiger partial charge in [-0.3, -0.25) is 4.79 Å². The average Bonchev–Trinajstić information content (AvgIpc) is 2.14. The molecule has 94 valence electrons. The minimum atomic E-state index is -5.18. The second-order valence-corrected chi connectivity index (χ2v) is 3.35. The van der Waals surface area contributed by atoms with Gasteiger partial charge in [-0.25, -0.2) is 0 Å². The van der Waals surface area contributed by atoms with Gasteiger partial charge < -0.3 is 0 Å². The fraction of sp³-hybridized carbons (Fsp3) is 0.300. The van der Waals surface area contributed by atoms with Gasteiger partial charge in [-0.15, -0.1) is 0 Å². The van der Waals surface area contributed by atoms with E-state index in [1.807, 2.05) is 0 Å². The molecule has 1 rings (SSSR count). The number of rotatable bonds is 1. The van der Waals surface area contributed by atoms with Gasteiger partial charge in [-0.2, -0.15) is 26.3 Å². The number of Topliss-reactive ketones (excluding diaryl/α,β-unsaturated/α-hetero) is 1. The SMILES string of the molecule is Cc1ccc(C(=O)C(F)(F)F)cc1C(F)(F)F. The summed E-state index contributed by atoms with van der Waals surface area (Å²) in [6.07, 6.45) is -9.97. The summed E-state index contributed by atoms with van der Waals surface area (Å²) in [5, 5.41) is 0. The second-order valence-electron chi connectivity index (χ2n) is 3.35. The molecule has 0 saturated heterocycles. The Balaban J connectivity index is 3.28. The predicted molar refractivity (Wildman–Crippen MR) is 46.6 cm³/mol. The number of benzene rings is 1. The molecule has 0 heterocycles. The van der Waals surface area contributed by atoms with Crippen LogP contribution in [0.15, 0.2) is 18.2 Å². The first-order valence-electron chi connectivity index (χ1n) is 4.33. The summed E-state index contributed by atoms with van der Waals surface area (Å²) in [6.45, 7) is 1.10. The van der Waals surface area contributed by atoms with Crippen LogP contribution in [0.25, 0.3) is 0 Å². The van der Waals surface area contributed by atoms with Crippen molar-refractivity contribution >= 4 is 5.78 Å². The molecule has 1 nitrogen and oxygen atoms in total. The normalized spacial score (nSPS) is 12.6. The Kier molecular flexibility index (Phi) is 3.22. The van der Waals surface area contributed by atoms with Crippen molar-refractivity contribution in [3.63, 3.8) is 0 Å². The minimum Gasteiger partial charge on any atom is -0.284 e. The maximum Gasteiger partial charge on any atom is 0.454 e. The number of carbonyl (C=O) groups excluding carboxylic acids is 1. The molecule has 0 amide bonds. The molecule has 1 aromatic carbocycles. The van der Waals surface area contributed by atoms with Crippen LogP contribution in [0.4, 0.5) is 26.3 Å². The van der Waals surface area contributed by atoms with Crippen molar-refractivity contribution in [1.29, 1.82) is 0 Å². The summed E-state index contributed by atoms with van der Waals surface area (Å²) in [7, 11) is 0. The van der Waals surface area contributed by atoms with E-state index >= 15 is 0 Å². The van der Waals surface area contributed by atoms with Crippen LogP contribution < -0.4 is 0 Å². The Bertz CT molecular complexity index is 443. The molecule has 0 unspecified atom stereocenters. The van der Waals surface area contributed by atoms with Crippen molar-refractivity contribution in [2.75, 3.05) is 0 Å². The molecule has 0 aromatic heterocycles. The van der Waals surface area contributed by atoms with Crippen molar-refractivity contribution < 1.29 is 31.1 Å². The molecule has 0 aliphatic heterocycles. The number of carbonyl (C=O) groups is 1. The van der Waals surface area contributed by atoms with Crippen LogP contribution in [-0.2, 0) is 6.18 Å². The Morgan fingerprint density at radius 2 is 1.59 bits per heavy atom. The topological polar surface area (TPSA) is 17.1 Å². The summed E-state index contributed by atoms with van der Waals surface area (Å²) < 4.78 is 73.3.